The fourth-order valence-corrected chi connectivity index (χ4v) is 1.39. The van der Waals surface area contributed by atoms with Crippen molar-refractivity contribution >= 4 is 12.2 Å². The second-order valence-electron chi connectivity index (χ2n) is 3.27. The number of nitrogens with two attached hydrogens (primary N) is 2. The van der Waals surface area contributed by atoms with E-state index in [1.54, 1.807) is 6.21 Å². The Morgan fingerprint density at radius 2 is 2.13 bits per heavy atom. The Morgan fingerprint density at radius 3 is 2.73 bits per heavy atom. The lowest BCUT2D eigenvalue weighted by Gasteiger charge is -2.05. The van der Waals surface area contributed by atoms with Crippen molar-refractivity contribution in [3.05, 3.63) is 34.9 Å². The molecule has 0 spiro atoms. The van der Waals surface area contributed by atoms with Crippen LogP contribution in [-0.4, -0.2) is 12.2 Å². The highest BCUT2D eigenvalue weighted by molar-refractivity contribution is 5.84. The summed E-state index contributed by atoms with van der Waals surface area (Å²) in [5.41, 5.74) is 13.9. The lowest BCUT2D eigenvalue weighted by molar-refractivity contribution is 1.12. The van der Waals surface area contributed by atoms with Crippen LogP contribution in [0.25, 0.3) is 0 Å². The fourth-order valence-electron chi connectivity index (χ4n) is 1.39. The molecule has 0 aliphatic carbocycles. The van der Waals surface area contributed by atoms with E-state index in [2.05, 4.69) is 23.2 Å². The molecule has 0 saturated heterocycles. The average Bonchev–Trinajstić information content (AvgIpc) is 2.20. The summed E-state index contributed by atoms with van der Waals surface area (Å²) in [7, 11) is 0. The molecule has 0 aromatic heterocycles. The minimum Gasteiger partial charge on any atom is -0.369 e. The van der Waals surface area contributed by atoms with E-state index in [-0.39, 0.29) is 5.96 Å². The number of guanidine groups is 1. The smallest absolute Gasteiger partial charge is 0.211 e. The molecule has 0 unspecified atom stereocenters. The van der Waals surface area contributed by atoms with E-state index in [1.165, 1.54) is 11.1 Å². The van der Waals surface area contributed by atoms with Gasteiger partial charge in [0.2, 0.25) is 5.96 Å². The summed E-state index contributed by atoms with van der Waals surface area (Å²) in [4.78, 5) is 0. The van der Waals surface area contributed by atoms with Crippen LogP contribution in [0.3, 0.4) is 0 Å². The highest BCUT2D eigenvalue weighted by atomic mass is 15.3. The molecule has 4 heteroatoms. The van der Waals surface area contributed by atoms with Gasteiger partial charge in [0.25, 0.3) is 0 Å². The molecule has 0 bridgehead atoms. The molecule has 15 heavy (non-hydrogen) atoms. The summed E-state index contributed by atoms with van der Waals surface area (Å²) in [5.74, 6) is -0.0297. The summed E-state index contributed by atoms with van der Waals surface area (Å²) in [6.45, 7) is 4.14. The Morgan fingerprint density at radius 1 is 1.40 bits per heavy atom. The van der Waals surface area contributed by atoms with Crippen molar-refractivity contribution in [3.63, 3.8) is 0 Å². The number of rotatable bonds is 3. The van der Waals surface area contributed by atoms with Crippen LogP contribution in [0, 0.1) is 6.92 Å². The summed E-state index contributed by atoms with van der Waals surface area (Å²) in [5, 5.41) is 7.40. The van der Waals surface area contributed by atoms with Crippen LogP contribution >= 0.6 is 0 Å². The molecule has 1 aromatic rings. The predicted molar refractivity (Wildman–Crippen MR) is 64.0 cm³/mol. The van der Waals surface area contributed by atoms with Crippen molar-refractivity contribution in [2.75, 3.05) is 0 Å². The van der Waals surface area contributed by atoms with Crippen LogP contribution in [-0.2, 0) is 6.42 Å². The molecule has 4 nitrogen and oxygen atoms in total. The molecule has 1 rings (SSSR count). The Balaban J connectivity index is 3.02. The van der Waals surface area contributed by atoms with Gasteiger partial charge in [-0.15, -0.1) is 5.10 Å². The van der Waals surface area contributed by atoms with Gasteiger partial charge in [0, 0.05) is 5.56 Å². The first kappa shape index (κ1) is 11.2. The molecule has 0 aliphatic heterocycles. The van der Waals surface area contributed by atoms with Crippen molar-refractivity contribution < 1.29 is 0 Å². The standard InChI is InChI=1S/C11H16N4/c1-3-9-6-4-5-8(2)10(9)7-14-15-11(12)13/h4-7H,3H2,1-2H3,(H4,12,13,15). The zero-order valence-corrected chi connectivity index (χ0v) is 9.07. The molecule has 0 aliphatic rings. The van der Waals surface area contributed by atoms with Crippen LogP contribution < -0.4 is 11.5 Å². The monoisotopic (exact) mass is 204 g/mol. The first-order valence-corrected chi connectivity index (χ1v) is 4.85. The van der Waals surface area contributed by atoms with Gasteiger partial charge in [-0.1, -0.05) is 25.1 Å². The first-order valence-electron chi connectivity index (χ1n) is 4.85. The quantitative estimate of drug-likeness (QED) is 0.440. The van der Waals surface area contributed by atoms with Crippen LogP contribution in [0.5, 0.6) is 0 Å². The fraction of sp³-hybridized carbons (Fsp3) is 0.273. The van der Waals surface area contributed by atoms with Crippen molar-refractivity contribution in [1.29, 1.82) is 0 Å². The summed E-state index contributed by atoms with van der Waals surface area (Å²) in [6.07, 6.45) is 2.65. The maximum atomic E-state index is 5.18. The predicted octanol–water partition coefficient (Wildman–Crippen LogP) is 1.16. The number of nitrogens with zero attached hydrogens (tertiary/aromatic N) is 2. The topological polar surface area (TPSA) is 76.8 Å². The molecule has 0 amide bonds. The minimum atomic E-state index is -0.0297. The van der Waals surface area contributed by atoms with Crippen LogP contribution in [0.1, 0.15) is 23.6 Å². The molecular formula is C11H16N4. The molecule has 4 N–H and O–H groups in total. The lowest BCUT2D eigenvalue weighted by Crippen LogP contribution is -2.21. The maximum Gasteiger partial charge on any atom is 0.211 e. The number of aryl methyl sites for hydroxylation is 2. The molecule has 0 fully saturated rings. The number of benzene rings is 1. The van der Waals surface area contributed by atoms with Crippen LogP contribution in [0.15, 0.2) is 28.4 Å². The molecule has 0 heterocycles. The Bertz CT molecular complexity index is 390. The third-order valence-corrected chi connectivity index (χ3v) is 2.16. The van der Waals surface area contributed by atoms with E-state index in [0.29, 0.717) is 0 Å². The van der Waals surface area contributed by atoms with Crippen LogP contribution in [0.2, 0.25) is 0 Å². The Labute approximate surface area is 89.7 Å². The second-order valence-corrected chi connectivity index (χ2v) is 3.27. The normalized spacial score (nSPS) is 10.5. The minimum absolute atomic E-state index is 0.0297. The Kier molecular flexibility index (Phi) is 3.85. The Hall–Kier alpha value is -1.84. The number of hydrogen-bond donors (Lipinski definition) is 2. The van der Waals surface area contributed by atoms with Gasteiger partial charge in [-0.3, -0.25) is 0 Å². The maximum absolute atomic E-state index is 5.18. The van der Waals surface area contributed by atoms with Crippen LogP contribution in [0.4, 0.5) is 0 Å². The summed E-state index contributed by atoms with van der Waals surface area (Å²) >= 11 is 0. The van der Waals surface area contributed by atoms with Gasteiger partial charge in [-0.05, 0) is 24.5 Å². The highest BCUT2D eigenvalue weighted by Gasteiger charge is 2.00. The van der Waals surface area contributed by atoms with E-state index in [9.17, 15) is 0 Å². The molecule has 0 radical (unpaired) electrons. The van der Waals surface area contributed by atoms with Gasteiger partial charge in [0.05, 0.1) is 6.21 Å². The van der Waals surface area contributed by atoms with E-state index in [0.717, 1.165) is 12.0 Å². The van der Waals surface area contributed by atoms with E-state index < -0.39 is 0 Å². The SMILES string of the molecule is CCc1cccc(C)c1C=NN=C(N)N. The van der Waals surface area contributed by atoms with Gasteiger partial charge in [0.1, 0.15) is 0 Å². The van der Waals surface area contributed by atoms with Gasteiger partial charge in [0.15, 0.2) is 0 Å². The second kappa shape index (κ2) is 5.14. The molecule has 0 atom stereocenters. The van der Waals surface area contributed by atoms with Gasteiger partial charge in [-0.25, -0.2) is 0 Å². The lowest BCUT2D eigenvalue weighted by atomic mass is 10.0. The molecule has 1 aromatic carbocycles. The first-order chi connectivity index (χ1) is 7.15. The van der Waals surface area contributed by atoms with Crippen molar-refractivity contribution in [1.82, 2.24) is 0 Å². The van der Waals surface area contributed by atoms with Crippen molar-refractivity contribution in [3.8, 4) is 0 Å². The van der Waals surface area contributed by atoms with Gasteiger partial charge >= 0.3 is 0 Å². The molecular weight excluding hydrogens is 188 g/mol. The highest BCUT2D eigenvalue weighted by Crippen LogP contribution is 2.12. The summed E-state index contributed by atoms with van der Waals surface area (Å²) in [6, 6.07) is 6.14. The zero-order chi connectivity index (χ0) is 11.3. The van der Waals surface area contributed by atoms with E-state index in [4.69, 9.17) is 11.5 Å². The van der Waals surface area contributed by atoms with E-state index >= 15 is 0 Å². The molecule has 0 saturated carbocycles. The van der Waals surface area contributed by atoms with Gasteiger partial charge in [-0.2, -0.15) is 5.10 Å². The van der Waals surface area contributed by atoms with Crippen molar-refractivity contribution in [2.24, 2.45) is 21.7 Å². The zero-order valence-electron chi connectivity index (χ0n) is 9.07. The van der Waals surface area contributed by atoms with E-state index in [1.807, 2.05) is 19.1 Å². The van der Waals surface area contributed by atoms with Gasteiger partial charge < -0.3 is 11.5 Å². The number of hydrogen-bond acceptors (Lipinski definition) is 2. The largest absolute Gasteiger partial charge is 0.369 e. The summed E-state index contributed by atoms with van der Waals surface area (Å²) < 4.78 is 0. The van der Waals surface area contributed by atoms with Crippen molar-refractivity contribution in [2.45, 2.75) is 20.3 Å². The molecule has 80 valence electrons. The third kappa shape index (κ3) is 3.09. The average molecular weight is 204 g/mol. The third-order valence-electron chi connectivity index (χ3n) is 2.16.